The highest BCUT2D eigenvalue weighted by Crippen LogP contribution is 2.30. The van der Waals surface area contributed by atoms with E-state index in [0.29, 0.717) is 40.9 Å². The molecule has 1 saturated heterocycles. The molecule has 4 heterocycles. The number of fused-ring (bicyclic) bond motifs is 2. The minimum atomic E-state index is -2.33. The van der Waals surface area contributed by atoms with E-state index in [2.05, 4.69) is 25.5 Å². The number of rotatable bonds is 7. The molecule has 1 aliphatic rings. The molecule has 3 N–H and O–H groups in total. The number of nitrogens with one attached hydrogen (secondary N) is 3. The zero-order valence-electron chi connectivity index (χ0n) is 18.8. The molecule has 0 saturated carbocycles. The smallest absolute Gasteiger partial charge is 0.251 e. The SMILES string of the molecule is Cc1cc2ccc(Nc3nc(N4CCC(CNCC(F)F)CC4)c4occc4n3)cc2[nH]c1=O. The molecule has 1 aromatic carbocycles. The fourth-order valence-corrected chi connectivity index (χ4v) is 4.38. The first kappa shape index (κ1) is 22.3. The number of hydrogen-bond acceptors (Lipinski definition) is 7. The van der Waals surface area contributed by atoms with Crippen LogP contribution >= 0.6 is 0 Å². The van der Waals surface area contributed by atoms with E-state index in [1.165, 1.54) is 0 Å². The highest BCUT2D eigenvalue weighted by Gasteiger charge is 2.24. The Hall–Kier alpha value is -3.53. The summed E-state index contributed by atoms with van der Waals surface area (Å²) in [7, 11) is 0. The summed E-state index contributed by atoms with van der Waals surface area (Å²) in [6.07, 6.45) is 1.02. The van der Waals surface area contributed by atoms with Gasteiger partial charge in [-0.1, -0.05) is 6.07 Å². The number of nitrogens with zero attached hydrogens (tertiary/aromatic N) is 3. The Morgan fingerprint density at radius 1 is 1.21 bits per heavy atom. The van der Waals surface area contributed by atoms with E-state index in [1.54, 1.807) is 19.3 Å². The first-order chi connectivity index (χ1) is 16.5. The molecule has 8 nitrogen and oxygen atoms in total. The van der Waals surface area contributed by atoms with E-state index < -0.39 is 6.43 Å². The van der Waals surface area contributed by atoms with E-state index in [1.807, 2.05) is 24.3 Å². The van der Waals surface area contributed by atoms with E-state index >= 15 is 0 Å². The number of aromatic nitrogens is 3. The van der Waals surface area contributed by atoms with E-state index in [9.17, 15) is 13.6 Å². The van der Waals surface area contributed by atoms with Gasteiger partial charge < -0.3 is 24.9 Å². The van der Waals surface area contributed by atoms with E-state index in [-0.39, 0.29) is 12.1 Å². The van der Waals surface area contributed by atoms with Crippen LogP contribution in [-0.4, -0.2) is 47.6 Å². The van der Waals surface area contributed by atoms with Crippen molar-refractivity contribution in [3.05, 3.63) is 52.5 Å². The average molecular weight is 469 g/mol. The first-order valence-corrected chi connectivity index (χ1v) is 11.4. The van der Waals surface area contributed by atoms with E-state index in [4.69, 9.17) is 9.40 Å². The number of anilines is 3. The summed E-state index contributed by atoms with van der Waals surface area (Å²) in [6.45, 7) is 3.61. The molecular weight excluding hydrogens is 442 g/mol. The Bertz CT molecular complexity index is 1360. The van der Waals surface area contributed by atoms with Crippen LogP contribution in [0.1, 0.15) is 18.4 Å². The average Bonchev–Trinajstić information content (AvgIpc) is 3.28. The number of halogens is 2. The number of benzene rings is 1. The molecule has 0 spiro atoms. The molecule has 1 aliphatic heterocycles. The zero-order valence-corrected chi connectivity index (χ0v) is 18.8. The topological polar surface area (TPSA) is 99.1 Å². The Balaban J connectivity index is 1.35. The highest BCUT2D eigenvalue weighted by atomic mass is 19.3. The quantitative estimate of drug-likeness (QED) is 0.374. The van der Waals surface area contributed by atoms with Gasteiger partial charge in [-0.05, 0) is 55.8 Å². The molecule has 34 heavy (non-hydrogen) atoms. The minimum absolute atomic E-state index is 0.115. The fourth-order valence-electron chi connectivity index (χ4n) is 4.38. The summed E-state index contributed by atoms with van der Waals surface area (Å²) in [4.78, 5) is 26.4. The van der Waals surface area contributed by atoms with Gasteiger partial charge in [-0.3, -0.25) is 4.79 Å². The summed E-state index contributed by atoms with van der Waals surface area (Å²) < 4.78 is 30.4. The van der Waals surface area contributed by atoms with Crippen molar-refractivity contribution in [1.82, 2.24) is 20.3 Å². The molecule has 0 amide bonds. The van der Waals surface area contributed by atoms with Gasteiger partial charge in [0, 0.05) is 30.4 Å². The molecule has 0 bridgehead atoms. The van der Waals surface area contributed by atoms with E-state index in [0.717, 1.165) is 42.5 Å². The second-order valence-corrected chi connectivity index (χ2v) is 8.69. The maximum absolute atomic E-state index is 12.4. The summed E-state index contributed by atoms with van der Waals surface area (Å²) in [5, 5.41) is 7.04. The van der Waals surface area contributed by atoms with Crippen molar-refractivity contribution in [2.24, 2.45) is 5.92 Å². The Morgan fingerprint density at radius 3 is 2.82 bits per heavy atom. The van der Waals surface area contributed by atoms with Gasteiger partial charge in [0.2, 0.25) is 5.95 Å². The van der Waals surface area contributed by atoms with Crippen LogP contribution in [0.25, 0.3) is 22.0 Å². The van der Waals surface area contributed by atoms with Crippen LogP contribution in [0.5, 0.6) is 0 Å². The van der Waals surface area contributed by atoms with Gasteiger partial charge in [0.15, 0.2) is 11.4 Å². The molecule has 0 unspecified atom stereocenters. The van der Waals surface area contributed by atoms with Crippen LogP contribution in [0.2, 0.25) is 0 Å². The molecule has 0 aliphatic carbocycles. The van der Waals surface area contributed by atoms with Crippen LogP contribution in [0, 0.1) is 12.8 Å². The third-order valence-electron chi connectivity index (χ3n) is 6.22. The molecule has 1 fully saturated rings. The number of alkyl halides is 2. The van der Waals surface area contributed by atoms with Crippen molar-refractivity contribution < 1.29 is 13.2 Å². The van der Waals surface area contributed by atoms with Crippen molar-refractivity contribution in [3.63, 3.8) is 0 Å². The number of hydrogen-bond donors (Lipinski definition) is 3. The van der Waals surface area contributed by atoms with Gasteiger partial charge in [0.05, 0.1) is 18.3 Å². The highest BCUT2D eigenvalue weighted by molar-refractivity contribution is 5.87. The first-order valence-electron chi connectivity index (χ1n) is 11.4. The number of piperidine rings is 1. The van der Waals surface area contributed by atoms with Gasteiger partial charge in [-0.2, -0.15) is 4.98 Å². The summed E-state index contributed by atoms with van der Waals surface area (Å²) in [6, 6.07) is 9.37. The molecular formula is C24H26F2N6O2. The molecule has 178 valence electrons. The van der Waals surface area contributed by atoms with Crippen molar-refractivity contribution in [3.8, 4) is 0 Å². The largest absolute Gasteiger partial charge is 0.459 e. The number of aromatic amines is 1. The molecule has 0 atom stereocenters. The van der Waals surface area contributed by atoms with Crippen molar-refractivity contribution >= 4 is 39.5 Å². The Morgan fingerprint density at radius 2 is 2.03 bits per heavy atom. The second-order valence-electron chi connectivity index (χ2n) is 8.69. The van der Waals surface area contributed by atoms with Crippen LogP contribution in [0.3, 0.4) is 0 Å². The van der Waals surface area contributed by atoms with Gasteiger partial charge in [0.25, 0.3) is 12.0 Å². The van der Waals surface area contributed by atoms with Crippen molar-refractivity contribution in [1.29, 1.82) is 0 Å². The van der Waals surface area contributed by atoms with Crippen LogP contribution < -0.4 is 21.1 Å². The van der Waals surface area contributed by atoms with Crippen molar-refractivity contribution in [2.75, 3.05) is 36.4 Å². The predicted octanol–water partition coefficient (Wildman–Crippen LogP) is 4.19. The normalized spacial score (nSPS) is 15.0. The number of aryl methyl sites for hydroxylation is 1. The molecule has 5 rings (SSSR count). The monoisotopic (exact) mass is 468 g/mol. The third-order valence-corrected chi connectivity index (χ3v) is 6.22. The number of furan rings is 1. The van der Waals surface area contributed by atoms with Gasteiger partial charge in [-0.25, -0.2) is 13.8 Å². The minimum Gasteiger partial charge on any atom is -0.459 e. The standard InChI is InChI=1S/C24H26F2N6O2/c1-14-10-16-2-3-17(11-19(16)29-23(14)33)28-24-30-18-6-9-34-21(18)22(31-24)32-7-4-15(5-8-32)12-27-13-20(25)26/h2-3,6,9-11,15,20,27H,4-5,7-8,12-13H2,1H3,(H,29,33)(H,28,30,31). The Labute approximate surface area is 194 Å². The molecule has 4 aromatic rings. The summed E-state index contributed by atoms with van der Waals surface area (Å²) >= 11 is 0. The summed E-state index contributed by atoms with van der Waals surface area (Å²) in [5.74, 6) is 1.49. The number of H-pyrrole nitrogens is 1. The molecule has 0 radical (unpaired) electrons. The van der Waals surface area contributed by atoms with Gasteiger partial charge in [-0.15, -0.1) is 0 Å². The zero-order chi connectivity index (χ0) is 23.7. The second kappa shape index (κ2) is 9.38. The van der Waals surface area contributed by atoms with Gasteiger partial charge in [0.1, 0.15) is 5.52 Å². The predicted molar refractivity (Wildman–Crippen MR) is 128 cm³/mol. The maximum Gasteiger partial charge on any atom is 0.251 e. The Kier molecular flexibility index (Phi) is 6.14. The van der Waals surface area contributed by atoms with Crippen LogP contribution in [-0.2, 0) is 0 Å². The van der Waals surface area contributed by atoms with Crippen molar-refractivity contribution in [2.45, 2.75) is 26.2 Å². The van der Waals surface area contributed by atoms with Crippen LogP contribution in [0.4, 0.5) is 26.2 Å². The fraction of sp³-hybridized carbons (Fsp3) is 0.375. The summed E-state index contributed by atoms with van der Waals surface area (Å²) in [5.41, 5.74) is 3.35. The maximum atomic E-state index is 12.4. The third kappa shape index (κ3) is 4.72. The lowest BCUT2D eigenvalue weighted by Gasteiger charge is -2.33. The number of pyridine rings is 1. The lowest BCUT2D eigenvalue weighted by Crippen LogP contribution is -2.38. The lowest BCUT2D eigenvalue weighted by atomic mass is 9.97. The lowest BCUT2D eigenvalue weighted by molar-refractivity contribution is 0.143. The molecule has 10 heteroatoms. The molecule has 3 aromatic heterocycles. The van der Waals surface area contributed by atoms with Gasteiger partial charge >= 0.3 is 0 Å². The van der Waals surface area contributed by atoms with Crippen LogP contribution in [0.15, 0.2) is 45.8 Å².